The molecule has 0 bridgehead atoms. The molecule has 0 unspecified atom stereocenters. The number of ether oxygens (including phenoxy) is 2. The van der Waals surface area contributed by atoms with E-state index >= 15 is 0 Å². The van der Waals surface area contributed by atoms with Gasteiger partial charge in [-0.3, -0.25) is 4.98 Å². The van der Waals surface area contributed by atoms with Gasteiger partial charge < -0.3 is 14.8 Å². The molecule has 0 aromatic carbocycles. The number of rotatable bonds is 11. The fraction of sp³-hybridized carbons (Fsp3) is 0.621. The number of nitriles is 1. The van der Waals surface area contributed by atoms with Gasteiger partial charge in [0.05, 0.1) is 22.2 Å². The lowest BCUT2D eigenvalue weighted by Gasteiger charge is -2.30. The molecule has 0 radical (unpaired) electrons. The fourth-order valence-corrected chi connectivity index (χ4v) is 5.72. The Morgan fingerprint density at radius 3 is 2.69 bits per heavy atom. The summed E-state index contributed by atoms with van der Waals surface area (Å²) in [6, 6.07) is 10.5. The van der Waals surface area contributed by atoms with Crippen LogP contribution in [0.1, 0.15) is 63.5 Å². The molecule has 0 atom stereocenters. The van der Waals surface area contributed by atoms with Gasteiger partial charge in [-0.25, -0.2) is 4.98 Å². The Morgan fingerprint density at radius 1 is 1.17 bits per heavy atom. The summed E-state index contributed by atoms with van der Waals surface area (Å²) in [6.45, 7) is 2.71. The summed E-state index contributed by atoms with van der Waals surface area (Å²) in [6.07, 6.45) is 13.2. The number of hydrogen-bond acceptors (Lipinski definition) is 6. The second-order valence-electron chi connectivity index (χ2n) is 10.5. The van der Waals surface area contributed by atoms with Crippen LogP contribution in [0, 0.1) is 28.6 Å². The average molecular weight is 511 g/mol. The molecule has 2 aromatic heterocycles. The molecule has 2 fully saturated rings. The molecule has 3 heterocycles. The number of hydrogen-bond donors (Lipinski definition) is 1. The number of methoxy groups -OCH3 is 1. The zero-order valence-electron chi connectivity index (χ0n) is 21.5. The van der Waals surface area contributed by atoms with Crippen molar-refractivity contribution in [3.8, 4) is 17.3 Å². The summed E-state index contributed by atoms with van der Waals surface area (Å²) in [7, 11) is 1.78. The van der Waals surface area contributed by atoms with Crippen LogP contribution in [0.3, 0.4) is 0 Å². The van der Waals surface area contributed by atoms with Crippen LogP contribution in [0.5, 0.6) is 0 Å². The van der Waals surface area contributed by atoms with E-state index in [2.05, 4.69) is 22.4 Å². The first-order valence-corrected chi connectivity index (χ1v) is 13.8. The Balaban J connectivity index is 1.35. The number of aromatic nitrogens is 2. The molecule has 1 saturated carbocycles. The number of halogens is 1. The number of nitrogens with zero attached hydrogens (tertiary/aromatic N) is 3. The smallest absolute Gasteiger partial charge is 0.126 e. The first-order valence-electron chi connectivity index (χ1n) is 13.4. The Kier molecular flexibility index (Phi) is 9.98. The summed E-state index contributed by atoms with van der Waals surface area (Å²) < 4.78 is 10.6. The predicted molar refractivity (Wildman–Crippen MR) is 144 cm³/mol. The average Bonchev–Trinajstić information content (AvgIpc) is 2.92. The van der Waals surface area contributed by atoms with Gasteiger partial charge in [-0.1, -0.05) is 43.4 Å². The number of nitrogens with one attached hydrogen (secondary N) is 1. The third kappa shape index (κ3) is 7.41. The molecule has 194 valence electrons. The van der Waals surface area contributed by atoms with E-state index in [-0.39, 0.29) is 0 Å². The van der Waals surface area contributed by atoms with Crippen LogP contribution in [-0.2, 0) is 15.9 Å². The molecule has 1 saturated heterocycles. The van der Waals surface area contributed by atoms with Gasteiger partial charge in [0.15, 0.2) is 0 Å². The molecule has 1 aliphatic heterocycles. The minimum absolute atomic E-state index is 0.402. The van der Waals surface area contributed by atoms with Crippen LogP contribution >= 0.6 is 11.6 Å². The number of anilines is 1. The standard InChI is InChI=1S/C29H39ClN4O2/c1-35-14-3-2-5-22-8-10-23(11-9-22)17-24-18-25(26(30)19-32-24)27-6-4-7-28(34-27)33-21-29(20-31)12-15-36-16-13-29/h4,6-7,18-19,22-23H,2-3,5,8-17,21H2,1H3,(H,33,34). The van der Waals surface area contributed by atoms with Crippen molar-refractivity contribution in [3.63, 3.8) is 0 Å². The van der Waals surface area contributed by atoms with E-state index in [4.69, 9.17) is 26.1 Å². The Hall–Kier alpha value is -2.20. The molecule has 0 spiro atoms. The normalized spacial score (nSPS) is 21.6. The molecular weight excluding hydrogens is 472 g/mol. The maximum absolute atomic E-state index is 9.73. The van der Waals surface area contributed by atoms with Crippen molar-refractivity contribution in [2.45, 2.75) is 64.2 Å². The molecule has 1 N–H and O–H groups in total. The van der Waals surface area contributed by atoms with Crippen LogP contribution in [0.2, 0.25) is 5.02 Å². The summed E-state index contributed by atoms with van der Waals surface area (Å²) in [5.74, 6) is 2.31. The van der Waals surface area contributed by atoms with Crippen molar-refractivity contribution >= 4 is 17.4 Å². The predicted octanol–water partition coefficient (Wildman–Crippen LogP) is 6.69. The Morgan fingerprint density at radius 2 is 1.94 bits per heavy atom. The highest BCUT2D eigenvalue weighted by atomic mass is 35.5. The summed E-state index contributed by atoms with van der Waals surface area (Å²) in [5, 5.41) is 13.7. The molecule has 1 aliphatic carbocycles. The van der Waals surface area contributed by atoms with Gasteiger partial charge in [0, 0.05) is 50.9 Å². The topological polar surface area (TPSA) is 80.1 Å². The zero-order chi connectivity index (χ0) is 25.2. The molecule has 2 aromatic rings. The Labute approximate surface area is 220 Å². The third-order valence-corrected chi connectivity index (χ3v) is 8.21. The SMILES string of the molecule is COCCCCC1CCC(Cc2cc(-c3cccc(NCC4(C#N)CCOCC4)n3)c(Cl)cn2)CC1. The number of pyridine rings is 2. The van der Waals surface area contributed by atoms with Crippen molar-refractivity contribution in [3.05, 3.63) is 41.2 Å². The van der Waals surface area contributed by atoms with Gasteiger partial charge in [-0.15, -0.1) is 0 Å². The molecule has 6 nitrogen and oxygen atoms in total. The van der Waals surface area contributed by atoms with Gasteiger partial charge in [-0.2, -0.15) is 5.26 Å². The lowest BCUT2D eigenvalue weighted by Crippen LogP contribution is -2.34. The first kappa shape index (κ1) is 26.9. The summed E-state index contributed by atoms with van der Waals surface area (Å²) >= 11 is 6.57. The second-order valence-corrected chi connectivity index (χ2v) is 10.9. The van der Waals surface area contributed by atoms with Crippen LogP contribution < -0.4 is 5.32 Å². The quantitative estimate of drug-likeness (QED) is 0.339. The minimum atomic E-state index is -0.402. The maximum Gasteiger partial charge on any atom is 0.126 e. The van der Waals surface area contributed by atoms with Crippen LogP contribution in [-0.4, -0.2) is 43.4 Å². The minimum Gasteiger partial charge on any atom is -0.385 e. The fourth-order valence-electron chi connectivity index (χ4n) is 5.52. The van der Waals surface area contributed by atoms with Crippen LogP contribution in [0.15, 0.2) is 30.5 Å². The number of unbranched alkanes of at least 4 members (excludes halogenated alkanes) is 1. The van der Waals surface area contributed by atoms with E-state index in [9.17, 15) is 5.26 Å². The second kappa shape index (κ2) is 13.4. The highest BCUT2D eigenvalue weighted by Crippen LogP contribution is 2.35. The highest BCUT2D eigenvalue weighted by molar-refractivity contribution is 6.33. The lowest BCUT2D eigenvalue weighted by atomic mass is 9.78. The Bertz CT molecular complexity index is 1010. The molecule has 4 rings (SSSR count). The van der Waals surface area contributed by atoms with E-state index < -0.39 is 5.41 Å². The highest BCUT2D eigenvalue weighted by Gasteiger charge is 2.32. The van der Waals surface area contributed by atoms with Gasteiger partial charge >= 0.3 is 0 Å². The summed E-state index contributed by atoms with van der Waals surface area (Å²) in [5.41, 5.74) is 2.42. The molecule has 2 aliphatic rings. The van der Waals surface area contributed by atoms with E-state index in [1.807, 2.05) is 18.2 Å². The van der Waals surface area contributed by atoms with E-state index in [1.165, 1.54) is 44.9 Å². The maximum atomic E-state index is 9.73. The summed E-state index contributed by atoms with van der Waals surface area (Å²) in [4.78, 5) is 9.47. The van der Waals surface area contributed by atoms with Gasteiger partial charge in [0.25, 0.3) is 0 Å². The molecule has 0 amide bonds. The van der Waals surface area contributed by atoms with Crippen LogP contribution in [0.4, 0.5) is 5.82 Å². The lowest BCUT2D eigenvalue weighted by molar-refractivity contribution is 0.0455. The largest absolute Gasteiger partial charge is 0.385 e. The molecule has 7 heteroatoms. The van der Waals surface area contributed by atoms with Crippen molar-refractivity contribution < 1.29 is 9.47 Å². The monoisotopic (exact) mass is 510 g/mol. The molecular formula is C29H39ClN4O2. The van der Waals surface area contributed by atoms with Gasteiger partial charge in [-0.05, 0) is 68.6 Å². The van der Waals surface area contributed by atoms with Crippen molar-refractivity contribution in [1.82, 2.24) is 9.97 Å². The third-order valence-electron chi connectivity index (χ3n) is 7.91. The first-order chi connectivity index (χ1) is 17.6. The van der Waals surface area contributed by atoms with Crippen LogP contribution in [0.25, 0.3) is 11.3 Å². The molecule has 36 heavy (non-hydrogen) atoms. The zero-order valence-corrected chi connectivity index (χ0v) is 22.2. The van der Waals surface area contributed by atoms with Crippen molar-refractivity contribution in [2.24, 2.45) is 17.3 Å². The van der Waals surface area contributed by atoms with E-state index in [1.54, 1.807) is 13.3 Å². The van der Waals surface area contributed by atoms with Crippen molar-refractivity contribution in [2.75, 3.05) is 38.8 Å². The van der Waals surface area contributed by atoms with Gasteiger partial charge in [0.1, 0.15) is 5.82 Å². The van der Waals surface area contributed by atoms with Crippen molar-refractivity contribution in [1.29, 1.82) is 5.26 Å². The van der Waals surface area contributed by atoms with E-state index in [0.717, 1.165) is 54.6 Å². The van der Waals surface area contributed by atoms with E-state index in [0.29, 0.717) is 30.7 Å². The van der Waals surface area contributed by atoms with Gasteiger partial charge in [0.2, 0.25) is 0 Å².